The Bertz CT molecular complexity index is 255. The molecule has 0 spiro atoms. The third-order valence-corrected chi connectivity index (χ3v) is 4.91. The van der Waals surface area contributed by atoms with Gasteiger partial charge in [-0.15, -0.1) is 0 Å². The highest BCUT2D eigenvalue weighted by Crippen LogP contribution is 2.17. The van der Waals surface area contributed by atoms with Crippen molar-refractivity contribution in [1.29, 1.82) is 0 Å². The quantitative estimate of drug-likeness (QED) is 0.308. The molecule has 0 aromatic heterocycles. The zero-order chi connectivity index (χ0) is 21.6. The molecule has 0 amide bonds. The van der Waals surface area contributed by atoms with Crippen LogP contribution in [0.2, 0.25) is 0 Å². The summed E-state index contributed by atoms with van der Waals surface area (Å²) in [6.07, 6.45) is 12.3. The Labute approximate surface area is 173 Å². The summed E-state index contributed by atoms with van der Waals surface area (Å²) in [5.74, 6) is 0.903. The van der Waals surface area contributed by atoms with Gasteiger partial charge in [0.1, 0.15) is 0 Å². The molecule has 0 radical (unpaired) electrons. The van der Waals surface area contributed by atoms with Crippen molar-refractivity contribution < 1.29 is 9.84 Å². The van der Waals surface area contributed by atoms with E-state index in [2.05, 4.69) is 46.4 Å². The first kappa shape index (κ1) is 31.6. The van der Waals surface area contributed by atoms with Crippen molar-refractivity contribution in [2.24, 2.45) is 5.92 Å². The van der Waals surface area contributed by atoms with E-state index in [1.165, 1.54) is 51.4 Å². The van der Waals surface area contributed by atoms with Crippen LogP contribution in [0, 0.1) is 5.92 Å². The average Bonchev–Trinajstić information content (AvgIpc) is 2.63. The number of ether oxygens (including phenoxy) is 1. The van der Waals surface area contributed by atoms with Crippen LogP contribution in [0.15, 0.2) is 0 Å². The van der Waals surface area contributed by atoms with Crippen molar-refractivity contribution in [2.45, 2.75) is 119 Å². The second kappa shape index (κ2) is 23.9. The SMILES string of the molecule is CC.CCCCCCCCCC(C)C.CCN(CCOC)C(C)(C)CCO. The lowest BCUT2D eigenvalue weighted by Gasteiger charge is -2.37. The number of nitrogens with zero attached hydrogens (tertiary/aromatic N) is 1. The van der Waals surface area contributed by atoms with Crippen molar-refractivity contribution in [2.75, 3.05) is 33.4 Å². The van der Waals surface area contributed by atoms with E-state index in [4.69, 9.17) is 9.84 Å². The molecule has 0 bridgehead atoms. The van der Waals surface area contributed by atoms with Crippen LogP contribution in [0.5, 0.6) is 0 Å². The van der Waals surface area contributed by atoms with Crippen molar-refractivity contribution in [3.05, 3.63) is 0 Å². The molecule has 0 aliphatic heterocycles. The van der Waals surface area contributed by atoms with E-state index in [1.807, 2.05) is 13.8 Å². The van der Waals surface area contributed by atoms with Crippen molar-refractivity contribution in [3.8, 4) is 0 Å². The molecule has 0 heterocycles. The fourth-order valence-electron chi connectivity index (χ4n) is 3.03. The lowest BCUT2D eigenvalue weighted by molar-refractivity contribution is 0.0636. The first-order valence-electron chi connectivity index (χ1n) is 11.7. The van der Waals surface area contributed by atoms with Gasteiger partial charge in [0, 0.05) is 25.8 Å². The summed E-state index contributed by atoms with van der Waals surface area (Å²) in [5.41, 5.74) is 0.0715. The van der Waals surface area contributed by atoms with Gasteiger partial charge in [0.05, 0.1) is 6.61 Å². The maximum Gasteiger partial charge on any atom is 0.0589 e. The molecule has 0 saturated heterocycles. The Balaban J connectivity index is -0.000000391. The predicted octanol–water partition coefficient (Wildman–Crippen LogP) is 6.93. The Hall–Kier alpha value is -0.120. The molecule has 3 nitrogen and oxygen atoms in total. The molecule has 0 atom stereocenters. The minimum Gasteiger partial charge on any atom is -0.396 e. The molecule has 0 rings (SSSR count). The van der Waals surface area contributed by atoms with Crippen LogP contribution in [0.3, 0.4) is 0 Å². The minimum absolute atomic E-state index is 0.0715. The Morgan fingerprint density at radius 3 is 1.85 bits per heavy atom. The normalized spacial score (nSPS) is 11.1. The van der Waals surface area contributed by atoms with Gasteiger partial charge in [-0.3, -0.25) is 4.90 Å². The summed E-state index contributed by atoms with van der Waals surface area (Å²) in [7, 11) is 1.72. The molecular formula is C24H55NO2. The number of likely N-dealkylation sites (N-methyl/N-ethyl adjacent to an activating group) is 1. The van der Waals surface area contributed by atoms with Crippen LogP contribution < -0.4 is 0 Å². The standard InChI is InChI=1S/C12H26.C10H23NO2.C2H6/c1-4-5-6-7-8-9-10-11-12(2)3;1-5-11(7-9-13-4)10(2,3)6-8-12;1-2/h12H,4-11H2,1-3H3;12H,5-9H2,1-4H3;1-2H3. The molecule has 0 aromatic carbocycles. The summed E-state index contributed by atoms with van der Waals surface area (Å²) in [6.45, 7) is 20.3. The molecule has 27 heavy (non-hydrogen) atoms. The number of aliphatic hydroxyl groups excluding tert-OH is 1. The average molecular weight is 390 g/mol. The fraction of sp³-hybridized carbons (Fsp3) is 1.00. The van der Waals surface area contributed by atoms with Crippen LogP contribution in [-0.2, 0) is 4.74 Å². The van der Waals surface area contributed by atoms with E-state index in [9.17, 15) is 0 Å². The van der Waals surface area contributed by atoms with E-state index in [0.717, 1.165) is 32.0 Å². The summed E-state index contributed by atoms with van der Waals surface area (Å²) in [6, 6.07) is 0. The molecule has 0 saturated carbocycles. The van der Waals surface area contributed by atoms with Crippen LogP contribution >= 0.6 is 0 Å². The van der Waals surface area contributed by atoms with Crippen LogP contribution in [0.4, 0.5) is 0 Å². The molecule has 0 aliphatic carbocycles. The molecule has 0 aliphatic rings. The summed E-state index contributed by atoms with van der Waals surface area (Å²) in [4.78, 5) is 2.33. The molecule has 0 aromatic rings. The first-order chi connectivity index (χ1) is 12.9. The maximum absolute atomic E-state index is 8.91. The van der Waals surface area contributed by atoms with E-state index < -0.39 is 0 Å². The summed E-state index contributed by atoms with van der Waals surface area (Å²) in [5, 5.41) is 8.91. The topological polar surface area (TPSA) is 32.7 Å². The zero-order valence-corrected chi connectivity index (χ0v) is 20.6. The summed E-state index contributed by atoms with van der Waals surface area (Å²) < 4.78 is 5.04. The van der Waals surface area contributed by atoms with Gasteiger partial charge in [-0.05, 0) is 32.7 Å². The Morgan fingerprint density at radius 2 is 1.44 bits per heavy atom. The van der Waals surface area contributed by atoms with Gasteiger partial charge in [-0.2, -0.15) is 0 Å². The second-order valence-corrected chi connectivity index (χ2v) is 8.16. The van der Waals surface area contributed by atoms with Gasteiger partial charge in [0.2, 0.25) is 0 Å². The molecule has 0 unspecified atom stereocenters. The van der Waals surface area contributed by atoms with Gasteiger partial charge < -0.3 is 9.84 Å². The molecule has 0 fully saturated rings. The van der Waals surface area contributed by atoms with Gasteiger partial charge >= 0.3 is 0 Å². The van der Waals surface area contributed by atoms with E-state index in [-0.39, 0.29) is 12.1 Å². The van der Waals surface area contributed by atoms with Crippen LogP contribution in [-0.4, -0.2) is 49.0 Å². The number of hydrogen-bond donors (Lipinski definition) is 1. The van der Waals surface area contributed by atoms with Gasteiger partial charge in [-0.1, -0.05) is 92.9 Å². The number of aliphatic hydroxyl groups is 1. The number of methoxy groups -OCH3 is 1. The predicted molar refractivity (Wildman–Crippen MR) is 124 cm³/mol. The van der Waals surface area contributed by atoms with Gasteiger partial charge in [0.15, 0.2) is 0 Å². The van der Waals surface area contributed by atoms with Crippen LogP contribution in [0.1, 0.15) is 113 Å². The Kier molecular flexibility index (Phi) is 28.0. The largest absolute Gasteiger partial charge is 0.396 e. The Morgan fingerprint density at radius 1 is 0.926 bits per heavy atom. The van der Waals surface area contributed by atoms with Crippen molar-refractivity contribution in [1.82, 2.24) is 4.90 Å². The third kappa shape index (κ3) is 23.8. The van der Waals surface area contributed by atoms with E-state index >= 15 is 0 Å². The zero-order valence-electron chi connectivity index (χ0n) is 20.6. The van der Waals surface area contributed by atoms with Crippen molar-refractivity contribution in [3.63, 3.8) is 0 Å². The highest BCUT2D eigenvalue weighted by Gasteiger charge is 2.24. The maximum atomic E-state index is 8.91. The minimum atomic E-state index is 0.0715. The second-order valence-electron chi connectivity index (χ2n) is 8.16. The van der Waals surface area contributed by atoms with Gasteiger partial charge in [-0.25, -0.2) is 0 Å². The molecule has 1 N–H and O–H groups in total. The first-order valence-corrected chi connectivity index (χ1v) is 11.7. The van der Waals surface area contributed by atoms with E-state index in [0.29, 0.717) is 0 Å². The van der Waals surface area contributed by atoms with E-state index in [1.54, 1.807) is 7.11 Å². The highest BCUT2D eigenvalue weighted by atomic mass is 16.5. The third-order valence-electron chi connectivity index (χ3n) is 4.91. The number of hydrogen-bond acceptors (Lipinski definition) is 3. The highest BCUT2D eigenvalue weighted by molar-refractivity contribution is 4.80. The van der Waals surface area contributed by atoms with Crippen LogP contribution in [0.25, 0.3) is 0 Å². The smallest absolute Gasteiger partial charge is 0.0589 e. The molecular weight excluding hydrogens is 334 g/mol. The monoisotopic (exact) mass is 389 g/mol. The molecule has 168 valence electrons. The lowest BCUT2D eigenvalue weighted by Crippen LogP contribution is -2.46. The fourth-order valence-corrected chi connectivity index (χ4v) is 3.03. The number of rotatable bonds is 15. The number of unbranched alkanes of at least 4 members (excludes halogenated alkanes) is 6. The van der Waals surface area contributed by atoms with Gasteiger partial charge in [0.25, 0.3) is 0 Å². The lowest BCUT2D eigenvalue weighted by atomic mass is 9.98. The summed E-state index contributed by atoms with van der Waals surface area (Å²) >= 11 is 0. The molecule has 3 heteroatoms. The van der Waals surface area contributed by atoms with Crippen molar-refractivity contribution >= 4 is 0 Å².